The average Bonchev–Trinajstić information content (AvgIpc) is 3.48. The molecule has 1 unspecified atom stereocenters. The van der Waals surface area contributed by atoms with Crippen molar-refractivity contribution in [3.8, 4) is 0 Å². The molecule has 7 heteroatoms. The second kappa shape index (κ2) is 8.06. The van der Waals surface area contributed by atoms with E-state index < -0.39 is 5.97 Å². The fraction of sp³-hybridized carbons (Fsp3) is 0.316. The molecule has 0 aliphatic heterocycles. The highest BCUT2D eigenvalue weighted by atomic mass is 35.5. The van der Waals surface area contributed by atoms with Gasteiger partial charge in [0.1, 0.15) is 16.7 Å². The van der Waals surface area contributed by atoms with E-state index in [0.29, 0.717) is 23.1 Å². The number of benzene rings is 1. The van der Waals surface area contributed by atoms with Crippen molar-refractivity contribution in [3.63, 3.8) is 0 Å². The summed E-state index contributed by atoms with van der Waals surface area (Å²) in [5.41, 5.74) is 1.10. The van der Waals surface area contributed by atoms with Gasteiger partial charge in [0.2, 0.25) is 0 Å². The van der Waals surface area contributed by atoms with Gasteiger partial charge in [-0.1, -0.05) is 41.4 Å². The van der Waals surface area contributed by atoms with Gasteiger partial charge in [-0.3, -0.25) is 0 Å². The molecule has 1 aromatic carbocycles. The van der Waals surface area contributed by atoms with Crippen molar-refractivity contribution in [1.82, 2.24) is 9.97 Å². The minimum Gasteiger partial charge on any atom is -0.464 e. The maximum absolute atomic E-state index is 12.0. The number of ether oxygens (including phenoxy) is 1. The van der Waals surface area contributed by atoms with E-state index in [1.165, 1.54) is 7.11 Å². The maximum Gasteiger partial charge on any atom is 0.358 e. The van der Waals surface area contributed by atoms with Crippen LogP contribution >= 0.6 is 23.2 Å². The SMILES string of the molecule is C=CCC(Nc1nc(C2CC2)nc(C(=O)OC)c1Cl)c1ccc(Cl)cc1. The summed E-state index contributed by atoms with van der Waals surface area (Å²) in [6.07, 6.45) is 4.47. The predicted molar refractivity (Wildman–Crippen MR) is 103 cm³/mol. The molecule has 136 valence electrons. The van der Waals surface area contributed by atoms with Gasteiger partial charge in [-0.25, -0.2) is 14.8 Å². The van der Waals surface area contributed by atoms with E-state index in [2.05, 4.69) is 21.9 Å². The first kappa shape index (κ1) is 18.7. The van der Waals surface area contributed by atoms with E-state index in [9.17, 15) is 4.79 Å². The van der Waals surface area contributed by atoms with Gasteiger partial charge in [-0.05, 0) is 37.0 Å². The summed E-state index contributed by atoms with van der Waals surface area (Å²) >= 11 is 12.4. The molecule has 5 nitrogen and oxygen atoms in total. The molecule has 0 bridgehead atoms. The zero-order valence-electron chi connectivity index (χ0n) is 14.3. The number of anilines is 1. The van der Waals surface area contributed by atoms with Crippen molar-refractivity contribution >= 4 is 35.0 Å². The summed E-state index contributed by atoms with van der Waals surface area (Å²) in [7, 11) is 1.30. The number of esters is 1. The molecule has 1 heterocycles. The number of nitrogens with zero attached hydrogens (tertiary/aromatic N) is 2. The Morgan fingerprint density at radius 2 is 2.04 bits per heavy atom. The molecule has 1 aliphatic rings. The Bertz CT molecular complexity index is 820. The second-order valence-electron chi connectivity index (χ2n) is 6.13. The standard InChI is InChI=1S/C19H19Cl2N3O2/c1-3-4-14(11-7-9-13(20)10-8-11)22-18-15(21)16(19(25)26-2)23-17(24-18)12-5-6-12/h3,7-10,12,14H,1,4-6H2,2H3,(H,22,23,24). The summed E-state index contributed by atoms with van der Waals surface area (Å²) in [5.74, 6) is 0.732. The van der Waals surface area contributed by atoms with Crippen molar-refractivity contribution in [2.24, 2.45) is 0 Å². The summed E-state index contributed by atoms with van der Waals surface area (Å²) in [6.45, 7) is 3.82. The quantitative estimate of drug-likeness (QED) is 0.520. The van der Waals surface area contributed by atoms with Gasteiger partial charge in [0, 0.05) is 10.9 Å². The first-order valence-electron chi connectivity index (χ1n) is 8.32. The third kappa shape index (κ3) is 4.17. The van der Waals surface area contributed by atoms with Gasteiger partial charge in [-0.2, -0.15) is 0 Å². The van der Waals surface area contributed by atoms with Crippen LogP contribution in [0.1, 0.15) is 53.1 Å². The van der Waals surface area contributed by atoms with Crippen LogP contribution in [0.5, 0.6) is 0 Å². The van der Waals surface area contributed by atoms with E-state index in [-0.39, 0.29) is 22.7 Å². The van der Waals surface area contributed by atoms with Gasteiger partial charge < -0.3 is 10.1 Å². The van der Waals surface area contributed by atoms with E-state index in [1.807, 2.05) is 30.3 Å². The summed E-state index contributed by atoms with van der Waals surface area (Å²) in [4.78, 5) is 20.9. The first-order valence-corrected chi connectivity index (χ1v) is 9.07. The molecular weight excluding hydrogens is 373 g/mol. The lowest BCUT2D eigenvalue weighted by Crippen LogP contribution is -2.16. The highest BCUT2D eigenvalue weighted by molar-refractivity contribution is 6.35. The molecule has 2 aromatic rings. The number of carbonyl (C=O) groups is 1. The molecule has 1 atom stereocenters. The minimum atomic E-state index is -0.575. The van der Waals surface area contributed by atoms with Crippen LogP contribution in [-0.4, -0.2) is 23.0 Å². The van der Waals surface area contributed by atoms with Crippen LogP contribution in [-0.2, 0) is 4.74 Å². The third-order valence-electron chi connectivity index (χ3n) is 4.18. The van der Waals surface area contributed by atoms with Gasteiger partial charge in [0.15, 0.2) is 5.69 Å². The summed E-state index contributed by atoms with van der Waals surface area (Å²) in [6, 6.07) is 7.40. The minimum absolute atomic E-state index is 0.0852. The highest BCUT2D eigenvalue weighted by Gasteiger charge is 2.30. The molecule has 0 saturated heterocycles. The molecule has 1 aromatic heterocycles. The Morgan fingerprint density at radius 1 is 1.35 bits per heavy atom. The molecular formula is C19H19Cl2N3O2. The van der Waals surface area contributed by atoms with Crippen LogP contribution in [0.15, 0.2) is 36.9 Å². The van der Waals surface area contributed by atoms with Crippen molar-refractivity contribution in [2.45, 2.75) is 31.2 Å². The number of halogens is 2. The Labute approximate surface area is 162 Å². The van der Waals surface area contributed by atoms with E-state index in [0.717, 1.165) is 18.4 Å². The van der Waals surface area contributed by atoms with Crippen LogP contribution in [0.25, 0.3) is 0 Å². The largest absolute Gasteiger partial charge is 0.464 e. The van der Waals surface area contributed by atoms with Crippen LogP contribution in [0.2, 0.25) is 10.0 Å². The fourth-order valence-electron chi connectivity index (χ4n) is 2.62. The zero-order valence-corrected chi connectivity index (χ0v) is 15.8. The molecule has 1 aliphatic carbocycles. The van der Waals surface area contributed by atoms with Crippen molar-refractivity contribution < 1.29 is 9.53 Å². The number of nitrogens with one attached hydrogen (secondary N) is 1. The molecule has 0 spiro atoms. The molecule has 0 amide bonds. The smallest absolute Gasteiger partial charge is 0.358 e. The van der Waals surface area contributed by atoms with E-state index in [4.69, 9.17) is 27.9 Å². The van der Waals surface area contributed by atoms with Crippen molar-refractivity contribution in [3.05, 3.63) is 64.0 Å². The van der Waals surface area contributed by atoms with E-state index in [1.54, 1.807) is 0 Å². The molecule has 3 rings (SSSR count). The molecule has 1 fully saturated rings. The average molecular weight is 392 g/mol. The Kier molecular flexibility index (Phi) is 5.79. The molecule has 1 saturated carbocycles. The van der Waals surface area contributed by atoms with Gasteiger partial charge in [-0.15, -0.1) is 6.58 Å². The number of aromatic nitrogens is 2. The lowest BCUT2D eigenvalue weighted by molar-refractivity contribution is 0.0593. The van der Waals surface area contributed by atoms with Crippen molar-refractivity contribution in [2.75, 3.05) is 12.4 Å². The van der Waals surface area contributed by atoms with Crippen LogP contribution in [0, 0.1) is 0 Å². The third-order valence-corrected chi connectivity index (χ3v) is 4.79. The fourth-order valence-corrected chi connectivity index (χ4v) is 2.96. The predicted octanol–water partition coefficient (Wildman–Crippen LogP) is 5.18. The molecule has 0 radical (unpaired) electrons. The molecule has 26 heavy (non-hydrogen) atoms. The van der Waals surface area contributed by atoms with Crippen LogP contribution in [0.3, 0.4) is 0 Å². The van der Waals surface area contributed by atoms with Gasteiger partial charge in [0.25, 0.3) is 0 Å². The topological polar surface area (TPSA) is 64.1 Å². The number of hydrogen-bond acceptors (Lipinski definition) is 5. The van der Waals surface area contributed by atoms with Crippen molar-refractivity contribution in [1.29, 1.82) is 0 Å². The monoisotopic (exact) mass is 391 g/mol. The first-order chi connectivity index (χ1) is 12.5. The Balaban J connectivity index is 1.97. The number of carbonyl (C=O) groups excluding carboxylic acids is 1. The highest BCUT2D eigenvalue weighted by Crippen LogP contribution is 2.40. The van der Waals surface area contributed by atoms with Gasteiger partial charge >= 0.3 is 5.97 Å². The zero-order chi connectivity index (χ0) is 18.7. The Morgan fingerprint density at radius 3 is 2.62 bits per heavy atom. The molecule has 1 N–H and O–H groups in total. The Hall–Kier alpha value is -2.11. The normalized spacial score (nSPS) is 14.6. The summed E-state index contributed by atoms with van der Waals surface area (Å²) < 4.78 is 4.81. The lowest BCUT2D eigenvalue weighted by atomic mass is 10.0. The lowest BCUT2D eigenvalue weighted by Gasteiger charge is -2.20. The number of methoxy groups -OCH3 is 1. The van der Waals surface area contributed by atoms with E-state index >= 15 is 0 Å². The maximum atomic E-state index is 12.0. The van der Waals surface area contributed by atoms with Crippen LogP contribution in [0.4, 0.5) is 5.82 Å². The summed E-state index contributed by atoms with van der Waals surface area (Å²) in [5, 5.41) is 4.14. The second-order valence-corrected chi connectivity index (χ2v) is 6.95. The number of hydrogen-bond donors (Lipinski definition) is 1. The van der Waals surface area contributed by atoms with Crippen LogP contribution < -0.4 is 5.32 Å². The van der Waals surface area contributed by atoms with Gasteiger partial charge in [0.05, 0.1) is 13.2 Å². The number of rotatable bonds is 7.